The van der Waals surface area contributed by atoms with E-state index in [1.165, 1.54) is 0 Å². The number of nitrogens with zero attached hydrogens (tertiary/aromatic N) is 2. The maximum atomic E-state index is 13.0. The Morgan fingerprint density at radius 1 is 1.07 bits per heavy atom. The average molecular weight is 376 g/mol. The van der Waals surface area contributed by atoms with Gasteiger partial charge in [-0.1, -0.05) is 5.16 Å². The number of ether oxygens (including phenoxy) is 3. The largest absolute Gasteiger partial charge is 0.493 e. The highest BCUT2D eigenvalue weighted by Crippen LogP contribution is 2.39. The fourth-order valence-corrected chi connectivity index (χ4v) is 3.95. The molecule has 0 aliphatic carbocycles. The van der Waals surface area contributed by atoms with E-state index in [2.05, 4.69) is 19.0 Å². The van der Waals surface area contributed by atoms with E-state index in [1.807, 2.05) is 17.0 Å². The Kier molecular flexibility index (Phi) is 5.77. The van der Waals surface area contributed by atoms with E-state index in [4.69, 9.17) is 19.0 Å². The van der Waals surface area contributed by atoms with Crippen molar-refractivity contribution in [2.45, 2.75) is 57.7 Å². The van der Waals surface area contributed by atoms with Crippen LogP contribution in [0.15, 0.2) is 17.3 Å². The monoisotopic (exact) mass is 376 g/mol. The van der Waals surface area contributed by atoms with Crippen LogP contribution < -0.4 is 14.2 Å². The van der Waals surface area contributed by atoms with Gasteiger partial charge in [-0.05, 0) is 45.2 Å². The molecule has 1 aromatic rings. The quantitative estimate of drug-likeness (QED) is 0.790. The predicted molar refractivity (Wildman–Crippen MR) is 102 cm³/mol. The summed E-state index contributed by atoms with van der Waals surface area (Å²) in [5, 5.41) is 4.18. The van der Waals surface area contributed by atoms with Crippen molar-refractivity contribution < 1.29 is 23.8 Å². The van der Waals surface area contributed by atoms with Gasteiger partial charge in [0.1, 0.15) is 0 Å². The Morgan fingerprint density at radius 2 is 1.67 bits per heavy atom. The fourth-order valence-electron chi connectivity index (χ4n) is 3.95. The number of hydrogen-bond donors (Lipinski definition) is 0. The van der Waals surface area contributed by atoms with Crippen LogP contribution in [-0.2, 0) is 9.63 Å². The molecule has 1 aromatic carbocycles. The first kappa shape index (κ1) is 19.3. The highest BCUT2D eigenvalue weighted by atomic mass is 16.6. The zero-order valence-corrected chi connectivity index (χ0v) is 16.7. The molecular formula is C20H28N2O5. The standard InChI is InChI=1S/C20H28N2O5/c1-12-7-6-8-13(2)22(12)20(23)18-11-15(21-27-18)14-9-16(24-3)19(26-5)17(10-14)25-4/h9-10,12-13,18H,6-8,11H2,1-5H3/t12-,13-,18+/m1/s1. The molecule has 1 fully saturated rings. The molecule has 148 valence electrons. The summed E-state index contributed by atoms with van der Waals surface area (Å²) >= 11 is 0. The minimum Gasteiger partial charge on any atom is -0.493 e. The van der Waals surface area contributed by atoms with Crippen LogP contribution in [0.2, 0.25) is 0 Å². The molecule has 27 heavy (non-hydrogen) atoms. The van der Waals surface area contributed by atoms with Gasteiger partial charge in [0.2, 0.25) is 11.9 Å². The molecule has 2 aliphatic heterocycles. The molecule has 0 radical (unpaired) electrons. The second-order valence-corrected chi connectivity index (χ2v) is 7.12. The van der Waals surface area contributed by atoms with Crippen LogP contribution in [0.3, 0.4) is 0 Å². The maximum absolute atomic E-state index is 13.0. The summed E-state index contributed by atoms with van der Waals surface area (Å²) in [7, 11) is 4.70. The van der Waals surface area contributed by atoms with Crippen LogP contribution in [0.1, 0.15) is 45.1 Å². The molecule has 0 N–H and O–H groups in total. The van der Waals surface area contributed by atoms with Gasteiger partial charge in [0.05, 0.1) is 27.0 Å². The zero-order chi connectivity index (χ0) is 19.6. The van der Waals surface area contributed by atoms with Gasteiger partial charge >= 0.3 is 0 Å². The third-order valence-electron chi connectivity index (χ3n) is 5.39. The number of hydrogen-bond acceptors (Lipinski definition) is 6. The molecule has 0 saturated carbocycles. The van der Waals surface area contributed by atoms with E-state index >= 15 is 0 Å². The van der Waals surface area contributed by atoms with Crippen molar-refractivity contribution >= 4 is 11.6 Å². The summed E-state index contributed by atoms with van der Waals surface area (Å²) in [6.45, 7) is 4.20. The molecule has 1 saturated heterocycles. The van der Waals surface area contributed by atoms with Crippen molar-refractivity contribution in [3.8, 4) is 17.2 Å². The summed E-state index contributed by atoms with van der Waals surface area (Å²) in [5.74, 6) is 1.62. The number of methoxy groups -OCH3 is 3. The van der Waals surface area contributed by atoms with E-state index in [0.29, 0.717) is 29.4 Å². The minimum atomic E-state index is -0.581. The van der Waals surface area contributed by atoms with E-state index in [-0.39, 0.29) is 18.0 Å². The summed E-state index contributed by atoms with van der Waals surface area (Å²) in [4.78, 5) is 20.5. The topological polar surface area (TPSA) is 69.6 Å². The lowest BCUT2D eigenvalue weighted by Crippen LogP contribution is -2.51. The number of benzene rings is 1. The van der Waals surface area contributed by atoms with Crippen LogP contribution in [0.5, 0.6) is 17.2 Å². The summed E-state index contributed by atoms with van der Waals surface area (Å²) < 4.78 is 16.2. The smallest absolute Gasteiger partial charge is 0.267 e. The predicted octanol–water partition coefficient (Wildman–Crippen LogP) is 2.99. The third kappa shape index (κ3) is 3.68. The van der Waals surface area contributed by atoms with E-state index in [0.717, 1.165) is 24.8 Å². The number of piperidine rings is 1. The first-order chi connectivity index (χ1) is 13.0. The van der Waals surface area contributed by atoms with Crippen LogP contribution in [0.4, 0.5) is 0 Å². The summed E-state index contributed by atoms with van der Waals surface area (Å²) in [5.41, 5.74) is 1.49. The molecule has 7 nitrogen and oxygen atoms in total. The average Bonchev–Trinajstić information content (AvgIpc) is 3.16. The van der Waals surface area contributed by atoms with Crippen LogP contribution in [0, 0.1) is 0 Å². The molecule has 2 aliphatic rings. The zero-order valence-electron chi connectivity index (χ0n) is 16.7. The number of oxime groups is 1. The van der Waals surface area contributed by atoms with Gasteiger partial charge in [0, 0.05) is 24.1 Å². The molecule has 0 spiro atoms. The third-order valence-corrected chi connectivity index (χ3v) is 5.39. The highest BCUT2D eigenvalue weighted by molar-refractivity contribution is 6.05. The molecule has 3 atom stereocenters. The maximum Gasteiger partial charge on any atom is 0.267 e. The van der Waals surface area contributed by atoms with Gasteiger partial charge in [-0.3, -0.25) is 4.79 Å². The second-order valence-electron chi connectivity index (χ2n) is 7.12. The first-order valence-corrected chi connectivity index (χ1v) is 9.35. The highest BCUT2D eigenvalue weighted by Gasteiger charge is 2.38. The summed E-state index contributed by atoms with van der Waals surface area (Å²) in [6, 6.07) is 4.11. The van der Waals surface area contributed by atoms with Gasteiger partial charge in [-0.25, -0.2) is 0 Å². The van der Waals surface area contributed by atoms with Crippen molar-refractivity contribution in [1.29, 1.82) is 0 Å². The molecule has 7 heteroatoms. The Bertz CT molecular complexity index is 698. The summed E-state index contributed by atoms with van der Waals surface area (Å²) in [6.07, 6.45) is 3.06. The van der Waals surface area contributed by atoms with Crippen molar-refractivity contribution in [1.82, 2.24) is 4.90 Å². The molecule has 0 unspecified atom stereocenters. The lowest BCUT2D eigenvalue weighted by Gasteiger charge is -2.39. The lowest BCUT2D eigenvalue weighted by atomic mass is 9.95. The van der Waals surface area contributed by atoms with Crippen molar-refractivity contribution in [3.63, 3.8) is 0 Å². The molecule has 0 aromatic heterocycles. The van der Waals surface area contributed by atoms with Gasteiger partial charge in [0.25, 0.3) is 5.91 Å². The molecule has 2 heterocycles. The SMILES string of the molecule is COc1cc(C2=NO[C@H](C(=O)N3[C@H](C)CCC[C@H]3C)C2)cc(OC)c1OC. The Labute approximate surface area is 160 Å². The van der Waals surface area contributed by atoms with Gasteiger partial charge in [0.15, 0.2) is 11.5 Å². The molecular weight excluding hydrogens is 348 g/mol. The van der Waals surface area contributed by atoms with Crippen LogP contribution in [0.25, 0.3) is 0 Å². The van der Waals surface area contributed by atoms with E-state index < -0.39 is 6.10 Å². The molecule has 1 amide bonds. The fraction of sp³-hybridized carbons (Fsp3) is 0.600. The number of carbonyl (C=O) groups excluding carboxylic acids is 1. The first-order valence-electron chi connectivity index (χ1n) is 9.35. The Balaban J connectivity index is 1.78. The van der Waals surface area contributed by atoms with Gasteiger partial charge in [-0.15, -0.1) is 0 Å². The van der Waals surface area contributed by atoms with Crippen LogP contribution in [-0.4, -0.2) is 56.0 Å². The van der Waals surface area contributed by atoms with Gasteiger partial charge in [-0.2, -0.15) is 0 Å². The number of amides is 1. The van der Waals surface area contributed by atoms with Crippen molar-refractivity contribution in [3.05, 3.63) is 17.7 Å². The van der Waals surface area contributed by atoms with Crippen LogP contribution >= 0.6 is 0 Å². The number of likely N-dealkylation sites (tertiary alicyclic amines) is 1. The molecule has 3 rings (SSSR count). The number of carbonyl (C=O) groups is 1. The molecule has 0 bridgehead atoms. The van der Waals surface area contributed by atoms with Crippen molar-refractivity contribution in [2.75, 3.05) is 21.3 Å². The van der Waals surface area contributed by atoms with Crippen molar-refractivity contribution in [2.24, 2.45) is 5.16 Å². The number of rotatable bonds is 5. The Morgan fingerprint density at radius 3 is 2.19 bits per heavy atom. The second kappa shape index (κ2) is 8.06. The normalized spacial score (nSPS) is 24.9. The minimum absolute atomic E-state index is 0.0147. The lowest BCUT2D eigenvalue weighted by molar-refractivity contribution is -0.148. The van der Waals surface area contributed by atoms with E-state index in [9.17, 15) is 4.79 Å². The Hall–Kier alpha value is -2.44. The van der Waals surface area contributed by atoms with E-state index in [1.54, 1.807) is 21.3 Å². The van der Waals surface area contributed by atoms with Gasteiger partial charge < -0.3 is 23.9 Å².